The van der Waals surface area contributed by atoms with Crippen molar-refractivity contribution in [2.24, 2.45) is 0 Å². The SMILES string of the molecule is Cc1[nH]ncc1CNc1cccc(Cl)c1N. The molecule has 0 saturated heterocycles. The number of aromatic nitrogens is 2. The van der Waals surface area contributed by atoms with E-state index in [1.807, 2.05) is 19.1 Å². The maximum atomic E-state index is 5.92. The average molecular weight is 237 g/mol. The smallest absolute Gasteiger partial charge is 0.0739 e. The molecule has 0 bridgehead atoms. The number of hydrogen-bond acceptors (Lipinski definition) is 3. The highest BCUT2D eigenvalue weighted by Crippen LogP contribution is 2.27. The van der Waals surface area contributed by atoms with E-state index in [1.165, 1.54) is 0 Å². The molecule has 0 spiro atoms. The molecule has 0 fully saturated rings. The zero-order chi connectivity index (χ0) is 11.5. The molecule has 0 aliphatic heterocycles. The maximum Gasteiger partial charge on any atom is 0.0739 e. The number of nitrogen functional groups attached to an aromatic ring is 1. The number of nitrogens with zero attached hydrogens (tertiary/aromatic N) is 1. The molecule has 84 valence electrons. The van der Waals surface area contributed by atoms with E-state index in [2.05, 4.69) is 15.5 Å². The number of rotatable bonds is 3. The zero-order valence-electron chi connectivity index (χ0n) is 8.92. The number of H-pyrrole nitrogens is 1. The molecular weight excluding hydrogens is 224 g/mol. The van der Waals surface area contributed by atoms with Gasteiger partial charge in [0.25, 0.3) is 0 Å². The van der Waals surface area contributed by atoms with Gasteiger partial charge < -0.3 is 11.1 Å². The quantitative estimate of drug-likeness (QED) is 0.718. The average Bonchev–Trinajstić information content (AvgIpc) is 2.67. The van der Waals surface area contributed by atoms with Gasteiger partial charge in [0, 0.05) is 17.8 Å². The van der Waals surface area contributed by atoms with E-state index >= 15 is 0 Å². The Hall–Kier alpha value is -1.68. The third-order valence-electron chi connectivity index (χ3n) is 2.46. The fourth-order valence-corrected chi connectivity index (χ4v) is 1.61. The van der Waals surface area contributed by atoms with Gasteiger partial charge in [0.05, 0.1) is 22.6 Å². The van der Waals surface area contributed by atoms with Gasteiger partial charge in [-0.2, -0.15) is 5.10 Å². The number of benzene rings is 1. The van der Waals surface area contributed by atoms with Gasteiger partial charge in [0.15, 0.2) is 0 Å². The van der Waals surface area contributed by atoms with E-state index in [4.69, 9.17) is 17.3 Å². The van der Waals surface area contributed by atoms with Crippen molar-refractivity contribution in [3.63, 3.8) is 0 Å². The minimum Gasteiger partial charge on any atom is -0.396 e. The predicted octanol–water partition coefficient (Wildman–Crippen LogP) is 2.57. The fraction of sp³-hybridized carbons (Fsp3) is 0.182. The Morgan fingerprint density at radius 3 is 3.00 bits per heavy atom. The van der Waals surface area contributed by atoms with Gasteiger partial charge in [0.2, 0.25) is 0 Å². The Bertz CT molecular complexity index is 492. The summed E-state index contributed by atoms with van der Waals surface area (Å²) in [4.78, 5) is 0. The molecule has 5 heteroatoms. The molecule has 16 heavy (non-hydrogen) atoms. The summed E-state index contributed by atoms with van der Waals surface area (Å²) in [6.07, 6.45) is 1.79. The summed E-state index contributed by atoms with van der Waals surface area (Å²) in [5.41, 5.74) is 9.42. The van der Waals surface area contributed by atoms with Crippen molar-refractivity contribution in [1.82, 2.24) is 10.2 Å². The Labute approximate surface area is 98.8 Å². The van der Waals surface area contributed by atoms with E-state index < -0.39 is 0 Å². The summed E-state index contributed by atoms with van der Waals surface area (Å²) >= 11 is 5.92. The van der Waals surface area contributed by atoms with Crippen LogP contribution in [-0.4, -0.2) is 10.2 Å². The standard InChI is InChI=1S/C11H13ClN4/c1-7-8(6-15-16-7)5-14-10-4-2-3-9(12)11(10)13/h2-4,6,14H,5,13H2,1H3,(H,15,16). The zero-order valence-corrected chi connectivity index (χ0v) is 9.67. The van der Waals surface area contributed by atoms with Crippen LogP contribution in [-0.2, 0) is 6.54 Å². The first-order chi connectivity index (χ1) is 7.68. The topological polar surface area (TPSA) is 66.7 Å². The number of para-hydroxylation sites is 1. The molecule has 2 rings (SSSR count). The summed E-state index contributed by atoms with van der Waals surface area (Å²) in [5.74, 6) is 0. The van der Waals surface area contributed by atoms with Crippen molar-refractivity contribution < 1.29 is 0 Å². The fourth-order valence-electron chi connectivity index (χ4n) is 1.44. The number of aromatic amines is 1. The third-order valence-corrected chi connectivity index (χ3v) is 2.79. The second-order valence-electron chi connectivity index (χ2n) is 3.57. The van der Waals surface area contributed by atoms with Crippen molar-refractivity contribution >= 4 is 23.0 Å². The maximum absolute atomic E-state index is 5.92. The van der Waals surface area contributed by atoms with E-state index in [9.17, 15) is 0 Å². The first-order valence-electron chi connectivity index (χ1n) is 4.95. The molecule has 0 saturated carbocycles. The predicted molar refractivity (Wildman–Crippen MR) is 66.5 cm³/mol. The van der Waals surface area contributed by atoms with E-state index in [-0.39, 0.29) is 0 Å². The summed E-state index contributed by atoms with van der Waals surface area (Å²) in [6, 6.07) is 5.53. The lowest BCUT2D eigenvalue weighted by molar-refractivity contribution is 1.04. The number of anilines is 2. The first kappa shape index (κ1) is 10.8. The molecule has 0 amide bonds. The van der Waals surface area contributed by atoms with Crippen LogP contribution in [0.25, 0.3) is 0 Å². The monoisotopic (exact) mass is 236 g/mol. The van der Waals surface area contributed by atoms with Gasteiger partial charge in [-0.1, -0.05) is 17.7 Å². The minimum atomic E-state index is 0.564. The highest BCUT2D eigenvalue weighted by atomic mass is 35.5. The number of nitrogens with two attached hydrogens (primary N) is 1. The molecule has 0 unspecified atom stereocenters. The molecular formula is C11H13ClN4. The van der Waals surface area contributed by atoms with Gasteiger partial charge in [-0.15, -0.1) is 0 Å². The van der Waals surface area contributed by atoms with Crippen molar-refractivity contribution in [3.05, 3.63) is 40.7 Å². The molecule has 4 N–H and O–H groups in total. The van der Waals surface area contributed by atoms with Gasteiger partial charge in [-0.25, -0.2) is 0 Å². The number of aryl methyl sites for hydroxylation is 1. The van der Waals surface area contributed by atoms with Crippen molar-refractivity contribution in [2.45, 2.75) is 13.5 Å². The first-order valence-corrected chi connectivity index (χ1v) is 5.33. The van der Waals surface area contributed by atoms with Crippen molar-refractivity contribution in [1.29, 1.82) is 0 Å². The Kier molecular flexibility index (Phi) is 3.01. The molecule has 0 radical (unpaired) electrons. The summed E-state index contributed by atoms with van der Waals surface area (Å²) in [6.45, 7) is 2.65. The van der Waals surface area contributed by atoms with Gasteiger partial charge in [0.1, 0.15) is 0 Å². The number of hydrogen-bond donors (Lipinski definition) is 3. The second kappa shape index (κ2) is 4.45. The van der Waals surface area contributed by atoms with Crippen molar-refractivity contribution in [3.8, 4) is 0 Å². The van der Waals surface area contributed by atoms with Crippen molar-refractivity contribution in [2.75, 3.05) is 11.1 Å². The number of nitrogens with one attached hydrogen (secondary N) is 2. The van der Waals surface area contributed by atoms with Gasteiger partial charge in [-0.3, -0.25) is 5.10 Å². The van der Waals surface area contributed by atoms with Crippen LogP contribution in [0, 0.1) is 6.92 Å². The molecule has 1 aromatic carbocycles. The highest BCUT2D eigenvalue weighted by Gasteiger charge is 2.04. The van der Waals surface area contributed by atoms with E-state index in [0.717, 1.165) is 16.9 Å². The minimum absolute atomic E-state index is 0.564. The molecule has 0 aliphatic rings. The second-order valence-corrected chi connectivity index (χ2v) is 3.98. The highest BCUT2D eigenvalue weighted by molar-refractivity contribution is 6.33. The molecule has 2 aromatic rings. The van der Waals surface area contributed by atoms with Crippen LogP contribution < -0.4 is 11.1 Å². The molecule has 0 atom stereocenters. The van der Waals surface area contributed by atoms with Gasteiger partial charge in [-0.05, 0) is 19.1 Å². The lowest BCUT2D eigenvalue weighted by atomic mass is 10.2. The normalized spacial score (nSPS) is 10.4. The van der Waals surface area contributed by atoms with Crippen LogP contribution in [0.2, 0.25) is 5.02 Å². The Morgan fingerprint density at radius 1 is 1.50 bits per heavy atom. The van der Waals surface area contributed by atoms with Crippen LogP contribution in [0.4, 0.5) is 11.4 Å². The van der Waals surface area contributed by atoms with Crippen LogP contribution in [0.1, 0.15) is 11.3 Å². The van der Waals surface area contributed by atoms with E-state index in [0.29, 0.717) is 17.3 Å². The molecule has 1 aromatic heterocycles. The summed E-state index contributed by atoms with van der Waals surface area (Å²) < 4.78 is 0. The van der Waals surface area contributed by atoms with Gasteiger partial charge >= 0.3 is 0 Å². The van der Waals surface area contributed by atoms with Crippen LogP contribution >= 0.6 is 11.6 Å². The Balaban J connectivity index is 2.11. The van der Waals surface area contributed by atoms with E-state index in [1.54, 1.807) is 12.3 Å². The molecule has 0 aliphatic carbocycles. The number of halogens is 1. The molecule has 4 nitrogen and oxygen atoms in total. The summed E-state index contributed by atoms with van der Waals surface area (Å²) in [7, 11) is 0. The van der Waals surface area contributed by atoms with Crippen LogP contribution in [0.15, 0.2) is 24.4 Å². The van der Waals surface area contributed by atoms with Crippen LogP contribution in [0.5, 0.6) is 0 Å². The largest absolute Gasteiger partial charge is 0.396 e. The summed E-state index contributed by atoms with van der Waals surface area (Å²) in [5, 5.41) is 10.6. The lowest BCUT2D eigenvalue weighted by Gasteiger charge is -2.09. The Morgan fingerprint density at radius 2 is 2.31 bits per heavy atom. The lowest BCUT2D eigenvalue weighted by Crippen LogP contribution is -2.03. The van der Waals surface area contributed by atoms with Crippen LogP contribution in [0.3, 0.4) is 0 Å². The molecule has 1 heterocycles. The third kappa shape index (κ3) is 2.12.